The third kappa shape index (κ3) is 3.77. The van der Waals surface area contributed by atoms with Gasteiger partial charge in [0.2, 0.25) is 0 Å². The minimum Gasteiger partial charge on any atom is -0.389 e. The lowest BCUT2D eigenvalue weighted by Crippen LogP contribution is -2.38. The molecule has 2 rings (SSSR count). The summed E-state index contributed by atoms with van der Waals surface area (Å²) in [6.45, 7) is 1.31. The Bertz CT molecular complexity index is 398. The molecule has 1 fully saturated rings. The number of halogens is 2. The van der Waals surface area contributed by atoms with Crippen molar-refractivity contribution in [1.29, 1.82) is 0 Å². The lowest BCUT2D eigenvalue weighted by atomic mass is 10.0. The second kappa shape index (κ2) is 5.68. The van der Waals surface area contributed by atoms with Gasteiger partial charge in [0.15, 0.2) is 0 Å². The second-order valence-corrected chi connectivity index (χ2v) is 6.30. The molecule has 0 unspecified atom stereocenters. The maximum atomic E-state index is 13.3. The van der Waals surface area contributed by atoms with Crippen LogP contribution in [0.1, 0.15) is 31.2 Å². The molecular weight excluding hydrogens is 297 g/mol. The number of likely N-dealkylation sites (N-methyl/N-ethyl adjacent to an activating group) is 1. The molecule has 1 aromatic rings. The summed E-state index contributed by atoms with van der Waals surface area (Å²) in [6.07, 6.45) is 3.97. The molecule has 1 aromatic carbocycles. The van der Waals surface area contributed by atoms with Crippen LogP contribution in [0.2, 0.25) is 0 Å². The first-order valence-electron chi connectivity index (χ1n) is 6.33. The quantitative estimate of drug-likeness (QED) is 0.921. The van der Waals surface area contributed by atoms with Crippen molar-refractivity contribution in [2.24, 2.45) is 0 Å². The van der Waals surface area contributed by atoms with E-state index in [1.165, 1.54) is 6.07 Å². The van der Waals surface area contributed by atoms with E-state index in [1.54, 1.807) is 6.07 Å². The SMILES string of the molecule is CN(Cc1cc(F)cc(Br)c1)CC1(O)CCCC1. The predicted molar refractivity (Wildman–Crippen MR) is 73.9 cm³/mol. The van der Waals surface area contributed by atoms with Crippen molar-refractivity contribution < 1.29 is 9.50 Å². The van der Waals surface area contributed by atoms with Crippen LogP contribution in [-0.2, 0) is 6.54 Å². The van der Waals surface area contributed by atoms with Gasteiger partial charge < -0.3 is 5.11 Å². The standard InChI is InChI=1S/C14H19BrFNO/c1-17(10-14(18)4-2-3-5-14)9-11-6-12(15)8-13(16)7-11/h6-8,18H,2-5,9-10H2,1H3. The second-order valence-electron chi connectivity index (χ2n) is 5.38. The first-order chi connectivity index (χ1) is 8.47. The van der Waals surface area contributed by atoms with Gasteiger partial charge in [-0.25, -0.2) is 4.39 Å². The fourth-order valence-corrected chi connectivity index (χ4v) is 3.28. The van der Waals surface area contributed by atoms with Crippen LogP contribution >= 0.6 is 15.9 Å². The summed E-state index contributed by atoms with van der Waals surface area (Å²) in [4.78, 5) is 2.06. The maximum absolute atomic E-state index is 13.3. The number of nitrogens with zero attached hydrogens (tertiary/aromatic N) is 1. The Morgan fingerprint density at radius 3 is 2.61 bits per heavy atom. The average molecular weight is 316 g/mol. The Morgan fingerprint density at radius 1 is 1.33 bits per heavy atom. The van der Waals surface area contributed by atoms with Gasteiger partial charge in [0.25, 0.3) is 0 Å². The van der Waals surface area contributed by atoms with Crippen LogP contribution in [0.5, 0.6) is 0 Å². The van der Waals surface area contributed by atoms with Gasteiger partial charge in [0.05, 0.1) is 5.60 Å². The number of hydrogen-bond donors (Lipinski definition) is 1. The Kier molecular flexibility index (Phi) is 4.41. The minimum atomic E-state index is -0.542. The van der Waals surface area contributed by atoms with Crippen molar-refractivity contribution in [3.8, 4) is 0 Å². The van der Waals surface area contributed by atoms with Crippen LogP contribution in [0.15, 0.2) is 22.7 Å². The third-order valence-electron chi connectivity index (χ3n) is 3.47. The van der Waals surface area contributed by atoms with E-state index in [9.17, 15) is 9.50 Å². The third-order valence-corrected chi connectivity index (χ3v) is 3.93. The average Bonchev–Trinajstić information content (AvgIpc) is 2.62. The zero-order chi connectivity index (χ0) is 13.2. The molecule has 1 aliphatic carbocycles. The van der Waals surface area contributed by atoms with Gasteiger partial charge in [-0.15, -0.1) is 0 Å². The molecule has 100 valence electrons. The summed E-state index contributed by atoms with van der Waals surface area (Å²) in [6, 6.07) is 4.91. The molecule has 2 nitrogen and oxygen atoms in total. The number of rotatable bonds is 4. The van der Waals surface area contributed by atoms with Crippen molar-refractivity contribution in [3.05, 3.63) is 34.1 Å². The summed E-state index contributed by atoms with van der Waals surface area (Å²) in [5, 5.41) is 10.3. The molecule has 0 spiro atoms. The molecule has 4 heteroatoms. The van der Waals surface area contributed by atoms with Crippen molar-refractivity contribution >= 4 is 15.9 Å². The van der Waals surface area contributed by atoms with Crippen LogP contribution in [0.25, 0.3) is 0 Å². The molecule has 0 bridgehead atoms. The lowest BCUT2D eigenvalue weighted by molar-refractivity contribution is 0.0145. The monoisotopic (exact) mass is 315 g/mol. The summed E-state index contributed by atoms with van der Waals surface area (Å²) in [7, 11) is 1.97. The maximum Gasteiger partial charge on any atom is 0.124 e. The molecule has 1 aliphatic rings. The minimum absolute atomic E-state index is 0.229. The molecular formula is C14H19BrFNO. The van der Waals surface area contributed by atoms with Gasteiger partial charge in [0.1, 0.15) is 5.82 Å². The molecule has 0 amide bonds. The fourth-order valence-electron chi connectivity index (χ4n) is 2.76. The lowest BCUT2D eigenvalue weighted by Gasteiger charge is -2.28. The topological polar surface area (TPSA) is 23.5 Å². The Hall–Kier alpha value is -0.450. The Labute approximate surface area is 116 Å². The van der Waals surface area contributed by atoms with Crippen LogP contribution in [0.4, 0.5) is 4.39 Å². The first-order valence-corrected chi connectivity index (χ1v) is 7.12. The van der Waals surface area contributed by atoms with E-state index in [0.29, 0.717) is 13.1 Å². The van der Waals surface area contributed by atoms with Crippen LogP contribution < -0.4 is 0 Å². The van der Waals surface area contributed by atoms with E-state index >= 15 is 0 Å². The molecule has 0 saturated heterocycles. The van der Waals surface area contributed by atoms with Crippen molar-refractivity contribution in [1.82, 2.24) is 4.90 Å². The summed E-state index contributed by atoms with van der Waals surface area (Å²) >= 11 is 3.29. The van der Waals surface area contributed by atoms with Gasteiger partial charge in [-0.1, -0.05) is 28.8 Å². The highest BCUT2D eigenvalue weighted by atomic mass is 79.9. The molecule has 0 aromatic heterocycles. The molecule has 1 saturated carbocycles. The molecule has 0 atom stereocenters. The van der Waals surface area contributed by atoms with Gasteiger partial charge in [0, 0.05) is 17.6 Å². The zero-order valence-electron chi connectivity index (χ0n) is 10.6. The highest BCUT2D eigenvalue weighted by Crippen LogP contribution is 2.30. The Balaban J connectivity index is 1.96. The van der Waals surface area contributed by atoms with E-state index in [4.69, 9.17) is 0 Å². The number of benzene rings is 1. The summed E-state index contributed by atoms with van der Waals surface area (Å²) < 4.78 is 14.0. The van der Waals surface area contributed by atoms with Crippen molar-refractivity contribution in [2.75, 3.05) is 13.6 Å². The molecule has 0 aliphatic heterocycles. The summed E-state index contributed by atoms with van der Waals surface area (Å²) in [5.41, 5.74) is 0.380. The normalized spacial score (nSPS) is 18.5. The Morgan fingerprint density at radius 2 is 2.00 bits per heavy atom. The number of aliphatic hydroxyl groups is 1. The van der Waals surface area contributed by atoms with E-state index < -0.39 is 5.60 Å². The molecule has 1 N–H and O–H groups in total. The van der Waals surface area contributed by atoms with E-state index in [2.05, 4.69) is 20.8 Å². The van der Waals surface area contributed by atoms with Crippen molar-refractivity contribution in [2.45, 2.75) is 37.8 Å². The van der Waals surface area contributed by atoms with E-state index in [0.717, 1.165) is 35.7 Å². The highest BCUT2D eigenvalue weighted by Gasteiger charge is 2.32. The molecule has 18 heavy (non-hydrogen) atoms. The van der Waals surface area contributed by atoms with E-state index in [1.807, 2.05) is 13.1 Å². The molecule has 0 radical (unpaired) electrons. The van der Waals surface area contributed by atoms with E-state index in [-0.39, 0.29) is 5.82 Å². The highest BCUT2D eigenvalue weighted by molar-refractivity contribution is 9.10. The van der Waals surface area contributed by atoms with Crippen LogP contribution in [0.3, 0.4) is 0 Å². The van der Waals surface area contributed by atoms with Crippen LogP contribution in [0, 0.1) is 5.82 Å². The van der Waals surface area contributed by atoms with Crippen molar-refractivity contribution in [3.63, 3.8) is 0 Å². The summed E-state index contributed by atoms with van der Waals surface area (Å²) in [5.74, 6) is -0.229. The first kappa shape index (κ1) is 14.0. The molecule has 0 heterocycles. The zero-order valence-corrected chi connectivity index (χ0v) is 12.2. The van der Waals surface area contributed by atoms with Gasteiger partial charge in [-0.2, -0.15) is 0 Å². The number of hydrogen-bond acceptors (Lipinski definition) is 2. The van der Waals surface area contributed by atoms with Gasteiger partial charge >= 0.3 is 0 Å². The largest absolute Gasteiger partial charge is 0.389 e. The van der Waals surface area contributed by atoms with Gasteiger partial charge in [-0.05, 0) is 43.7 Å². The smallest absolute Gasteiger partial charge is 0.124 e. The van der Waals surface area contributed by atoms with Crippen LogP contribution in [-0.4, -0.2) is 29.2 Å². The van der Waals surface area contributed by atoms with Gasteiger partial charge in [-0.3, -0.25) is 4.90 Å². The fraction of sp³-hybridized carbons (Fsp3) is 0.571. The predicted octanol–water partition coefficient (Wildman–Crippen LogP) is 3.33.